The molecule has 0 amide bonds. The highest BCUT2D eigenvalue weighted by molar-refractivity contribution is 5.75. The van der Waals surface area contributed by atoms with Crippen LogP contribution in [-0.4, -0.2) is 26.0 Å². The molecule has 1 heterocycles. The van der Waals surface area contributed by atoms with Crippen LogP contribution in [0.3, 0.4) is 0 Å². The Morgan fingerprint density at radius 2 is 1.95 bits per heavy atom. The Hall–Kier alpha value is -2.83. The van der Waals surface area contributed by atoms with E-state index in [1.54, 1.807) is 0 Å². The van der Waals surface area contributed by atoms with Crippen molar-refractivity contribution in [3.63, 3.8) is 0 Å². The Kier molecular flexibility index (Phi) is 4.22. The average molecular weight is 287 g/mol. The number of carboxylic acid groups (broad SMARTS) is 1. The van der Waals surface area contributed by atoms with Crippen molar-refractivity contribution in [2.75, 3.05) is 0 Å². The number of nitrogens with zero attached hydrogens (tertiary/aromatic N) is 3. The summed E-state index contributed by atoms with van der Waals surface area (Å²) in [5.41, 5.74) is 1.59. The van der Waals surface area contributed by atoms with Gasteiger partial charge in [0.25, 0.3) is 0 Å². The van der Waals surface area contributed by atoms with Crippen LogP contribution in [-0.2, 0) is 11.2 Å². The van der Waals surface area contributed by atoms with Crippen molar-refractivity contribution < 1.29 is 14.8 Å². The van der Waals surface area contributed by atoms with Crippen LogP contribution >= 0.6 is 0 Å². The van der Waals surface area contributed by atoms with Gasteiger partial charge >= 0.3 is 11.7 Å². The molecule has 21 heavy (non-hydrogen) atoms. The van der Waals surface area contributed by atoms with Crippen LogP contribution in [0.1, 0.15) is 22.9 Å². The van der Waals surface area contributed by atoms with Crippen molar-refractivity contribution in [3.05, 3.63) is 63.7 Å². The molecule has 0 saturated heterocycles. The molecule has 1 unspecified atom stereocenters. The van der Waals surface area contributed by atoms with Crippen molar-refractivity contribution in [2.45, 2.75) is 19.3 Å². The zero-order valence-electron chi connectivity index (χ0n) is 11.3. The number of hydrogen-bond acceptors (Lipinski definition) is 5. The highest BCUT2D eigenvalue weighted by Crippen LogP contribution is 2.21. The fourth-order valence-electron chi connectivity index (χ4n) is 1.95. The third kappa shape index (κ3) is 3.38. The number of rotatable bonds is 5. The second kappa shape index (κ2) is 6.08. The van der Waals surface area contributed by atoms with Gasteiger partial charge in [-0.15, -0.1) is 0 Å². The fraction of sp³-hybridized carbons (Fsp3) is 0.214. The molecule has 0 aliphatic carbocycles. The van der Waals surface area contributed by atoms with E-state index in [1.807, 2.05) is 31.2 Å². The highest BCUT2D eigenvalue weighted by atomic mass is 16.6. The first-order valence-electron chi connectivity index (χ1n) is 6.22. The molecule has 1 aromatic heterocycles. The number of aryl methyl sites for hydroxylation is 1. The van der Waals surface area contributed by atoms with Crippen molar-refractivity contribution >= 4 is 11.7 Å². The molecule has 0 radical (unpaired) electrons. The van der Waals surface area contributed by atoms with Gasteiger partial charge in [-0.25, -0.2) is 9.97 Å². The topological polar surface area (TPSA) is 106 Å². The maximum absolute atomic E-state index is 11.4. The summed E-state index contributed by atoms with van der Waals surface area (Å²) in [6, 6.07) is 7.44. The number of carbonyl (C=O) groups is 1. The third-order valence-corrected chi connectivity index (χ3v) is 3.16. The second-order valence-electron chi connectivity index (χ2n) is 4.58. The lowest BCUT2D eigenvalue weighted by Crippen LogP contribution is -2.18. The lowest BCUT2D eigenvalue weighted by molar-refractivity contribution is -0.385. The number of hydrogen-bond donors (Lipinski definition) is 1. The quantitative estimate of drug-likeness (QED) is 0.666. The Balaban J connectivity index is 2.29. The van der Waals surface area contributed by atoms with E-state index < -0.39 is 16.8 Å². The maximum Gasteiger partial charge on any atom is 0.314 e. The number of nitro groups is 1. The molecule has 0 fully saturated rings. The molecule has 7 nitrogen and oxygen atoms in total. The molecule has 2 aromatic rings. The van der Waals surface area contributed by atoms with Gasteiger partial charge in [0.1, 0.15) is 24.1 Å². The summed E-state index contributed by atoms with van der Waals surface area (Å²) in [5, 5.41) is 19.9. The van der Waals surface area contributed by atoms with E-state index in [-0.39, 0.29) is 17.9 Å². The Bertz CT molecular complexity index is 670. The average Bonchev–Trinajstić information content (AvgIpc) is 2.46. The van der Waals surface area contributed by atoms with Crippen molar-refractivity contribution in [3.8, 4) is 0 Å². The Morgan fingerprint density at radius 1 is 1.33 bits per heavy atom. The Morgan fingerprint density at radius 3 is 2.48 bits per heavy atom. The van der Waals surface area contributed by atoms with Gasteiger partial charge in [-0.1, -0.05) is 24.3 Å². The number of benzene rings is 1. The summed E-state index contributed by atoms with van der Waals surface area (Å²) in [6.45, 7) is 1.89. The van der Waals surface area contributed by atoms with Crippen molar-refractivity contribution in [2.24, 2.45) is 0 Å². The highest BCUT2D eigenvalue weighted by Gasteiger charge is 2.24. The minimum Gasteiger partial charge on any atom is -0.481 e. The van der Waals surface area contributed by atoms with Crippen molar-refractivity contribution in [1.29, 1.82) is 0 Å². The molecule has 1 N–H and O–H groups in total. The third-order valence-electron chi connectivity index (χ3n) is 3.16. The first-order chi connectivity index (χ1) is 9.99. The number of aromatic nitrogens is 2. The molecule has 2 rings (SSSR count). The van der Waals surface area contributed by atoms with E-state index in [0.717, 1.165) is 23.5 Å². The minimum absolute atomic E-state index is 0.0661. The molecule has 0 spiro atoms. The SMILES string of the molecule is Cc1ccccc1CC(C(=O)O)c1ncc([N+](=O)[O-])cn1. The molecule has 108 valence electrons. The monoisotopic (exact) mass is 287 g/mol. The van der Waals surface area contributed by atoms with Crippen LogP contribution in [0, 0.1) is 17.0 Å². The van der Waals surface area contributed by atoms with Gasteiger partial charge in [-0.2, -0.15) is 0 Å². The fourth-order valence-corrected chi connectivity index (χ4v) is 1.95. The van der Waals surface area contributed by atoms with Crippen LogP contribution in [0.4, 0.5) is 5.69 Å². The van der Waals surface area contributed by atoms with Gasteiger partial charge in [0.2, 0.25) is 0 Å². The van der Waals surface area contributed by atoms with Gasteiger partial charge in [0, 0.05) is 0 Å². The summed E-state index contributed by atoms with van der Waals surface area (Å²) in [5.74, 6) is -1.93. The molecule has 7 heteroatoms. The maximum atomic E-state index is 11.4. The predicted octanol–water partition coefficient (Wildman–Crippen LogP) is 2.10. The molecule has 0 aliphatic rings. The normalized spacial score (nSPS) is 11.9. The zero-order valence-corrected chi connectivity index (χ0v) is 11.3. The lowest BCUT2D eigenvalue weighted by Gasteiger charge is -2.12. The zero-order chi connectivity index (χ0) is 15.4. The first-order valence-corrected chi connectivity index (χ1v) is 6.22. The van der Waals surface area contributed by atoms with E-state index in [1.165, 1.54) is 0 Å². The lowest BCUT2D eigenvalue weighted by atomic mass is 9.95. The van der Waals surface area contributed by atoms with Crippen LogP contribution in [0.15, 0.2) is 36.7 Å². The van der Waals surface area contributed by atoms with Crippen molar-refractivity contribution in [1.82, 2.24) is 9.97 Å². The summed E-state index contributed by atoms with van der Waals surface area (Å²) < 4.78 is 0. The van der Waals surface area contributed by atoms with E-state index >= 15 is 0 Å². The van der Waals surface area contributed by atoms with Crippen LogP contribution < -0.4 is 0 Å². The molecular formula is C14H13N3O4. The Labute approximate surface area is 120 Å². The predicted molar refractivity (Wildman–Crippen MR) is 73.9 cm³/mol. The van der Waals surface area contributed by atoms with Crippen LogP contribution in [0.2, 0.25) is 0 Å². The first kappa shape index (κ1) is 14.6. The van der Waals surface area contributed by atoms with Crippen LogP contribution in [0.25, 0.3) is 0 Å². The van der Waals surface area contributed by atoms with Gasteiger partial charge in [-0.05, 0) is 24.5 Å². The van der Waals surface area contributed by atoms with E-state index in [4.69, 9.17) is 0 Å². The molecule has 0 aliphatic heterocycles. The summed E-state index contributed by atoms with van der Waals surface area (Å²) in [7, 11) is 0. The summed E-state index contributed by atoms with van der Waals surface area (Å²) in [4.78, 5) is 29.0. The molecule has 1 aromatic carbocycles. The van der Waals surface area contributed by atoms with Crippen LogP contribution in [0.5, 0.6) is 0 Å². The largest absolute Gasteiger partial charge is 0.481 e. The molecular weight excluding hydrogens is 274 g/mol. The van der Waals surface area contributed by atoms with Gasteiger partial charge in [0.05, 0.1) is 4.92 Å². The number of aliphatic carboxylic acids is 1. The standard InChI is InChI=1S/C14H13N3O4/c1-9-4-2-3-5-10(9)6-12(14(18)19)13-15-7-11(8-16-13)17(20)21/h2-5,7-8,12H,6H2,1H3,(H,18,19). The minimum atomic E-state index is -1.06. The molecule has 0 saturated carbocycles. The second-order valence-corrected chi connectivity index (χ2v) is 4.58. The summed E-state index contributed by atoms with van der Waals surface area (Å²) in [6.07, 6.45) is 2.28. The van der Waals surface area contributed by atoms with Gasteiger partial charge in [-0.3, -0.25) is 14.9 Å². The van der Waals surface area contributed by atoms with E-state index in [9.17, 15) is 20.0 Å². The smallest absolute Gasteiger partial charge is 0.314 e. The van der Waals surface area contributed by atoms with Gasteiger partial charge in [0.15, 0.2) is 0 Å². The van der Waals surface area contributed by atoms with E-state index in [2.05, 4.69) is 9.97 Å². The molecule has 0 bridgehead atoms. The van der Waals surface area contributed by atoms with Gasteiger partial charge < -0.3 is 5.11 Å². The summed E-state index contributed by atoms with van der Waals surface area (Å²) >= 11 is 0. The molecule has 1 atom stereocenters. The number of carboxylic acids is 1. The van der Waals surface area contributed by atoms with E-state index in [0.29, 0.717) is 0 Å².